The van der Waals surface area contributed by atoms with Crippen LogP contribution in [-0.4, -0.2) is 19.9 Å². The first-order valence-electron chi connectivity index (χ1n) is 7.69. The van der Waals surface area contributed by atoms with Gasteiger partial charge < -0.3 is 9.47 Å². The number of allylic oxidation sites excluding steroid dienone is 2. The van der Waals surface area contributed by atoms with Crippen LogP contribution in [0.3, 0.4) is 0 Å². The van der Waals surface area contributed by atoms with Gasteiger partial charge in [0.2, 0.25) is 0 Å². The molecular formula is C21H23NO2. The maximum absolute atomic E-state index is 5.39. The Morgan fingerprint density at radius 1 is 0.958 bits per heavy atom. The topological polar surface area (TPSA) is 30.8 Å². The highest BCUT2D eigenvalue weighted by Crippen LogP contribution is 2.31. The molecule has 0 aromatic heterocycles. The predicted octanol–water partition coefficient (Wildman–Crippen LogP) is 5.05. The molecule has 0 amide bonds. The summed E-state index contributed by atoms with van der Waals surface area (Å²) in [6.45, 7) is 12.1. The van der Waals surface area contributed by atoms with Crippen LogP contribution in [0, 0.1) is 6.92 Å². The molecule has 2 aromatic carbocycles. The molecule has 2 aromatic rings. The third kappa shape index (κ3) is 3.74. The number of hydrogen-bond donors (Lipinski definition) is 0. The molecule has 0 spiro atoms. The van der Waals surface area contributed by atoms with Crippen LogP contribution in [0.15, 0.2) is 66.3 Å². The SMILES string of the molecule is C=C(C)N=C(C(=C)c1ccc(OC)c(OC)c1)c1ccccc1C. The largest absolute Gasteiger partial charge is 0.493 e. The van der Waals surface area contributed by atoms with Crippen LogP contribution in [-0.2, 0) is 0 Å². The second-order valence-corrected chi connectivity index (χ2v) is 5.56. The maximum atomic E-state index is 5.39. The molecule has 0 aliphatic heterocycles. The van der Waals surface area contributed by atoms with Crippen LogP contribution < -0.4 is 9.47 Å². The van der Waals surface area contributed by atoms with Gasteiger partial charge in [-0.05, 0) is 37.1 Å². The number of ether oxygens (including phenoxy) is 2. The standard InChI is InChI=1S/C21H23NO2/c1-14(2)22-21(18-10-8-7-9-15(18)3)16(4)17-11-12-19(23-5)20(13-17)24-6/h7-13H,1,4H2,2-3,5-6H3. The number of rotatable bonds is 6. The van der Waals surface area contributed by atoms with Crippen molar-refractivity contribution in [1.82, 2.24) is 0 Å². The van der Waals surface area contributed by atoms with Gasteiger partial charge in [0.15, 0.2) is 11.5 Å². The van der Waals surface area contributed by atoms with Crippen molar-refractivity contribution in [3.05, 3.63) is 78.0 Å². The Hall–Kier alpha value is -2.81. The summed E-state index contributed by atoms with van der Waals surface area (Å²) in [4.78, 5) is 4.63. The molecular weight excluding hydrogens is 298 g/mol. The Balaban J connectivity index is 2.54. The van der Waals surface area contributed by atoms with E-state index >= 15 is 0 Å². The van der Waals surface area contributed by atoms with E-state index in [9.17, 15) is 0 Å². The highest BCUT2D eigenvalue weighted by Gasteiger charge is 2.14. The lowest BCUT2D eigenvalue weighted by molar-refractivity contribution is 0.355. The third-order valence-corrected chi connectivity index (χ3v) is 3.72. The van der Waals surface area contributed by atoms with E-state index in [4.69, 9.17) is 9.47 Å². The van der Waals surface area contributed by atoms with Gasteiger partial charge in [-0.1, -0.05) is 43.5 Å². The van der Waals surface area contributed by atoms with Gasteiger partial charge in [-0.3, -0.25) is 4.99 Å². The van der Waals surface area contributed by atoms with Gasteiger partial charge in [-0.15, -0.1) is 0 Å². The summed E-state index contributed by atoms with van der Waals surface area (Å²) in [6, 6.07) is 13.8. The Labute approximate surface area is 144 Å². The molecule has 2 rings (SSSR count). The molecule has 0 aliphatic rings. The van der Waals surface area contributed by atoms with Gasteiger partial charge in [0, 0.05) is 16.8 Å². The van der Waals surface area contributed by atoms with Gasteiger partial charge in [-0.25, -0.2) is 0 Å². The van der Waals surface area contributed by atoms with E-state index in [1.807, 2.05) is 43.3 Å². The van der Waals surface area contributed by atoms with E-state index in [2.05, 4.69) is 31.1 Å². The van der Waals surface area contributed by atoms with Crippen molar-refractivity contribution < 1.29 is 9.47 Å². The average molecular weight is 321 g/mol. The quantitative estimate of drug-likeness (QED) is 0.697. The summed E-state index contributed by atoms with van der Waals surface area (Å²) >= 11 is 0. The number of hydrogen-bond acceptors (Lipinski definition) is 3. The Morgan fingerprint density at radius 3 is 2.21 bits per heavy atom. The Morgan fingerprint density at radius 2 is 1.62 bits per heavy atom. The van der Waals surface area contributed by atoms with E-state index in [1.54, 1.807) is 14.2 Å². The van der Waals surface area contributed by atoms with E-state index in [0.717, 1.165) is 33.7 Å². The minimum atomic E-state index is 0.663. The van der Waals surface area contributed by atoms with E-state index in [0.29, 0.717) is 11.5 Å². The molecule has 24 heavy (non-hydrogen) atoms. The summed E-state index contributed by atoms with van der Waals surface area (Å²) in [6.07, 6.45) is 0. The first-order valence-corrected chi connectivity index (χ1v) is 7.69. The summed E-state index contributed by atoms with van der Waals surface area (Å²) in [7, 11) is 3.24. The highest BCUT2D eigenvalue weighted by atomic mass is 16.5. The van der Waals surface area contributed by atoms with Crippen molar-refractivity contribution in [1.29, 1.82) is 0 Å². The Bertz CT molecular complexity index is 803. The second-order valence-electron chi connectivity index (χ2n) is 5.56. The molecule has 0 heterocycles. The molecule has 3 heteroatoms. The van der Waals surface area contributed by atoms with Gasteiger partial charge in [0.1, 0.15) is 0 Å². The lowest BCUT2D eigenvalue weighted by atomic mass is 9.94. The molecule has 0 atom stereocenters. The third-order valence-electron chi connectivity index (χ3n) is 3.72. The van der Waals surface area contributed by atoms with Crippen LogP contribution in [0.4, 0.5) is 0 Å². The predicted molar refractivity (Wildman–Crippen MR) is 101 cm³/mol. The zero-order chi connectivity index (χ0) is 17.7. The summed E-state index contributed by atoms with van der Waals surface area (Å²) in [5.41, 5.74) is 5.46. The Kier molecular flexibility index (Phi) is 5.59. The number of nitrogens with zero attached hydrogens (tertiary/aromatic N) is 1. The monoisotopic (exact) mass is 321 g/mol. The van der Waals surface area contributed by atoms with Crippen LogP contribution in [0.25, 0.3) is 5.57 Å². The number of methoxy groups -OCH3 is 2. The van der Waals surface area contributed by atoms with Crippen molar-refractivity contribution in [3.8, 4) is 11.5 Å². The molecule has 0 saturated carbocycles. The van der Waals surface area contributed by atoms with Crippen molar-refractivity contribution in [2.75, 3.05) is 14.2 Å². The minimum Gasteiger partial charge on any atom is -0.493 e. The lowest BCUT2D eigenvalue weighted by Gasteiger charge is -2.15. The number of aryl methyl sites for hydroxylation is 1. The molecule has 0 radical (unpaired) electrons. The first kappa shape index (κ1) is 17.5. The fourth-order valence-electron chi connectivity index (χ4n) is 2.48. The lowest BCUT2D eigenvalue weighted by Crippen LogP contribution is -2.06. The number of aliphatic imine (C=N–C) groups is 1. The van der Waals surface area contributed by atoms with E-state index < -0.39 is 0 Å². The van der Waals surface area contributed by atoms with Gasteiger partial charge >= 0.3 is 0 Å². The van der Waals surface area contributed by atoms with Crippen molar-refractivity contribution in [2.24, 2.45) is 4.99 Å². The molecule has 124 valence electrons. The molecule has 0 unspecified atom stereocenters. The smallest absolute Gasteiger partial charge is 0.161 e. The maximum Gasteiger partial charge on any atom is 0.161 e. The first-order chi connectivity index (χ1) is 11.5. The molecule has 0 N–H and O–H groups in total. The molecule has 3 nitrogen and oxygen atoms in total. The number of benzene rings is 2. The van der Waals surface area contributed by atoms with Crippen molar-refractivity contribution >= 4 is 11.3 Å². The molecule has 0 aliphatic carbocycles. The molecule has 0 fully saturated rings. The van der Waals surface area contributed by atoms with E-state index in [1.165, 1.54) is 0 Å². The normalized spacial score (nSPS) is 11.1. The molecule has 0 saturated heterocycles. The fourth-order valence-corrected chi connectivity index (χ4v) is 2.48. The van der Waals surface area contributed by atoms with Gasteiger partial charge in [0.05, 0.1) is 19.9 Å². The van der Waals surface area contributed by atoms with Gasteiger partial charge in [-0.2, -0.15) is 0 Å². The molecule has 0 bridgehead atoms. The fraction of sp³-hybridized carbons (Fsp3) is 0.190. The van der Waals surface area contributed by atoms with Crippen LogP contribution in [0.5, 0.6) is 11.5 Å². The zero-order valence-electron chi connectivity index (χ0n) is 14.7. The summed E-state index contributed by atoms with van der Waals surface area (Å²) < 4.78 is 10.7. The second kappa shape index (κ2) is 7.64. The minimum absolute atomic E-state index is 0.663. The summed E-state index contributed by atoms with van der Waals surface area (Å²) in [5, 5.41) is 0. The highest BCUT2D eigenvalue weighted by molar-refractivity contribution is 6.32. The van der Waals surface area contributed by atoms with Gasteiger partial charge in [0.25, 0.3) is 0 Å². The van der Waals surface area contributed by atoms with Crippen LogP contribution in [0.2, 0.25) is 0 Å². The van der Waals surface area contributed by atoms with Crippen molar-refractivity contribution in [3.63, 3.8) is 0 Å². The summed E-state index contributed by atoms with van der Waals surface area (Å²) in [5.74, 6) is 1.35. The van der Waals surface area contributed by atoms with Crippen LogP contribution >= 0.6 is 0 Å². The van der Waals surface area contributed by atoms with Crippen LogP contribution in [0.1, 0.15) is 23.6 Å². The van der Waals surface area contributed by atoms with E-state index in [-0.39, 0.29) is 0 Å². The zero-order valence-corrected chi connectivity index (χ0v) is 14.7. The van der Waals surface area contributed by atoms with Crippen molar-refractivity contribution in [2.45, 2.75) is 13.8 Å². The average Bonchev–Trinajstić information content (AvgIpc) is 2.59.